The quantitative estimate of drug-likeness (QED) is 0.736. The highest BCUT2D eigenvalue weighted by Gasteiger charge is 2.33. The summed E-state index contributed by atoms with van der Waals surface area (Å²) in [6, 6.07) is 5.67. The van der Waals surface area contributed by atoms with Crippen LogP contribution in [0.3, 0.4) is 0 Å². The van der Waals surface area contributed by atoms with Crippen molar-refractivity contribution in [2.75, 3.05) is 13.7 Å². The number of amidine groups is 1. The molecule has 1 aliphatic carbocycles. The number of methoxy groups -OCH3 is 1. The molecule has 1 amide bonds. The van der Waals surface area contributed by atoms with E-state index in [1.54, 1.807) is 7.11 Å². The molecule has 2 aliphatic rings. The monoisotopic (exact) mass is 389 g/mol. The Balaban J connectivity index is 1.75. The fourth-order valence-corrected chi connectivity index (χ4v) is 3.75. The van der Waals surface area contributed by atoms with Gasteiger partial charge in [-0.05, 0) is 56.9 Å². The average Bonchev–Trinajstić information content (AvgIpc) is 2.89. The summed E-state index contributed by atoms with van der Waals surface area (Å²) >= 11 is 0. The Morgan fingerprint density at radius 2 is 2.18 bits per heavy atom. The van der Waals surface area contributed by atoms with Crippen molar-refractivity contribution in [3.8, 4) is 0 Å². The number of rotatable bonds is 4. The lowest BCUT2D eigenvalue weighted by molar-refractivity contribution is 0.0438. The van der Waals surface area contributed by atoms with Gasteiger partial charge in [-0.15, -0.1) is 0 Å². The van der Waals surface area contributed by atoms with Crippen LogP contribution in [-0.2, 0) is 15.9 Å². The van der Waals surface area contributed by atoms with E-state index in [1.807, 2.05) is 39.0 Å². The molecule has 3 atom stereocenters. The van der Waals surface area contributed by atoms with Gasteiger partial charge >= 0.3 is 6.09 Å². The number of ether oxygens (including phenoxy) is 2. The van der Waals surface area contributed by atoms with Crippen molar-refractivity contribution in [3.63, 3.8) is 0 Å². The first-order valence-electron chi connectivity index (χ1n) is 9.88. The number of nitrogens with one attached hydrogen (secondary N) is 2. The van der Waals surface area contributed by atoms with Crippen molar-refractivity contribution in [1.29, 1.82) is 0 Å². The lowest BCUT2D eigenvalue weighted by atomic mass is 10.0. The zero-order chi connectivity index (χ0) is 20.3. The van der Waals surface area contributed by atoms with Crippen molar-refractivity contribution in [2.45, 2.75) is 70.2 Å². The molecule has 1 heterocycles. The van der Waals surface area contributed by atoms with Crippen LogP contribution < -0.4 is 10.6 Å². The van der Waals surface area contributed by atoms with Gasteiger partial charge in [0.25, 0.3) is 0 Å². The number of carbonyl (C=O) groups is 1. The summed E-state index contributed by atoms with van der Waals surface area (Å²) < 4.78 is 10.6. The van der Waals surface area contributed by atoms with Crippen molar-refractivity contribution in [3.05, 3.63) is 29.3 Å². The van der Waals surface area contributed by atoms with Gasteiger partial charge in [0.05, 0.1) is 30.5 Å². The summed E-state index contributed by atoms with van der Waals surface area (Å²) in [7, 11) is 1.71. The molecule has 3 rings (SSSR count). The van der Waals surface area contributed by atoms with Crippen LogP contribution in [0.25, 0.3) is 0 Å². The molecule has 0 saturated carbocycles. The van der Waals surface area contributed by atoms with Gasteiger partial charge in [-0.1, -0.05) is 6.07 Å². The minimum Gasteiger partial charge on any atom is -0.444 e. The highest BCUT2D eigenvalue weighted by molar-refractivity contribution is 5.85. The molecule has 3 N–H and O–H groups in total. The molecule has 1 fully saturated rings. The van der Waals surface area contributed by atoms with Gasteiger partial charge in [0.1, 0.15) is 11.4 Å². The van der Waals surface area contributed by atoms with E-state index >= 15 is 0 Å². The Morgan fingerprint density at radius 3 is 2.89 bits per heavy atom. The molecular weight excluding hydrogens is 358 g/mol. The van der Waals surface area contributed by atoms with Crippen molar-refractivity contribution < 1.29 is 19.4 Å². The fourth-order valence-electron chi connectivity index (χ4n) is 3.75. The van der Waals surface area contributed by atoms with Crippen LogP contribution in [0.15, 0.2) is 23.2 Å². The van der Waals surface area contributed by atoms with Crippen LogP contribution >= 0.6 is 0 Å². The Morgan fingerprint density at radius 1 is 1.39 bits per heavy atom. The molecule has 1 saturated heterocycles. The molecule has 0 spiro atoms. The van der Waals surface area contributed by atoms with E-state index in [-0.39, 0.29) is 6.04 Å². The van der Waals surface area contributed by atoms with Crippen molar-refractivity contribution >= 4 is 17.6 Å². The van der Waals surface area contributed by atoms with Gasteiger partial charge in [0.2, 0.25) is 0 Å². The number of aliphatic hydroxyl groups excluding tert-OH is 1. The number of piperidine rings is 1. The summed E-state index contributed by atoms with van der Waals surface area (Å²) in [6.07, 6.45) is 2.35. The van der Waals surface area contributed by atoms with Crippen molar-refractivity contribution in [1.82, 2.24) is 10.6 Å². The van der Waals surface area contributed by atoms with E-state index in [0.717, 1.165) is 41.9 Å². The topological polar surface area (TPSA) is 92.2 Å². The number of benzene rings is 1. The number of fused-ring (bicyclic) bond motifs is 1. The normalized spacial score (nSPS) is 25.9. The summed E-state index contributed by atoms with van der Waals surface area (Å²) in [5, 5.41) is 16.7. The summed E-state index contributed by atoms with van der Waals surface area (Å²) in [5.41, 5.74) is 2.13. The molecule has 1 unspecified atom stereocenters. The van der Waals surface area contributed by atoms with Crippen LogP contribution in [0.5, 0.6) is 0 Å². The Hall–Kier alpha value is -2.12. The number of carbonyl (C=O) groups excluding carboxylic acids is 1. The van der Waals surface area contributed by atoms with E-state index in [1.165, 1.54) is 0 Å². The van der Waals surface area contributed by atoms with E-state index in [0.29, 0.717) is 13.0 Å². The molecule has 1 aromatic carbocycles. The predicted octanol–water partition coefficient (Wildman–Crippen LogP) is 2.99. The number of alkyl carbamates (subject to hydrolysis) is 1. The maximum atomic E-state index is 12.2. The molecular formula is C21H31N3O4. The SMILES string of the molecule is COCC1CCCC(=Nc2ccc3c(c2)[C@@H](NC(=O)OC(C)(C)C)[C@H](O)C3)N1. The molecule has 0 aromatic heterocycles. The molecule has 28 heavy (non-hydrogen) atoms. The number of amides is 1. The second kappa shape index (κ2) is 8.49. The molecule has 0 bridgehead atoms. The smallest absolute Gasteiger partial charge is 0.408 e. The second-order valence-electron chi connectivity index (χ2n) is 8.53. The average molecular weight is 389 g/mol. The number of nitrogens with zero attached hydrogens (tertiary/aromatic N) is 1. The number of hydrogen-bond acceptors (Lipinski definition) is 5. The summed E-state index contributed by atoms with van der Waals surface area (Å²) in [5.74, 6) is 0.948. The highest BCUT2D eigenvalue weighted by atomic mass is 16.6. The Kier molecular flexibility index (Phi) is 6.25. The van der Waals surface area contributed by atoms with Gasteiger partial charge in [-0.3, -0.25) is 0 Å². The second-order valence-corrected chi connectivity index (χ2v) is 8.53. The minimum absolute atomic E-state index is 0.287. The van der Waals surface area contributed by atoms with Crippen LogP contribution in [0.2, 0.25) is 0 Å². The van der Waals surface area contributed by atoms with Crippen LogP contribution in [0.4, 0.5) is 10.5 Å². The standard InChI is InChI=1S/C21H31N3O4/c1-21(2,3)28-20(26)24-19-16-11-14(9-8-13(16)10-17(19)25)22-18-7-5-6-15(23-18)12-27-4/h8-9,11,15,17,19,25H,5-7,10,12H2,1-4H3,(H,22,23)(H,24,26)/t15?,17-,19-/m1/s1. The first-order chi connectivity index (χ1) is 13.2. The van der Waals surface area contributed by atoms with E-state index < -0.39 is 23.8 Å². The van der Waals surface area contributed by atoms with Crippen molar-refractivity contribution in [2.24, 2.45) is 4.99 Å². The zero-order valence-corrected chi connectivity index (χ0v) is 17.1. The third-order valence-corrected chi connectivity index (χ3v) is 4.92. The Bertz CT molecular complexity index is 740. The first kappa shape index (κ1) is 20.6. The molecule has 154 valence electrons. The van der Waals surface area contributed by atoms with E-state index in [4.69, 9.17) is 14.5 Å². The third kappa shape index (κ3) is 5.23. The van der Waals surface area contributed by atoms with Crippen LogP contribution in [-0.4, -0.2) is 48.5 Å². The number of aliphatic imine (C=N–C) groups is 1. The van der Waals surface area contributed by atoms with Gasteiger partial charge in [-0.25, -0.2) is 9.79 Å². The maximum absolute atomic E-state index is 12.2. The molecule has 7 nitrogen and oxygen atoms in total. The largest absolute Gasteiger partial charge is 0.444 e. The van der Waals surface area contributed by atoms with E-state index in [2.05, 4.69) is 10.6 Å². The van der Waals surface area contributed by atoms with Gasteiger partial charge in [0, 0.05) is 20.0 Å². The summed E-state index contributed by atoms with van der Waals surface area (Å²) in [4.78, 5) is 16.9. The Labute approximate surface area is 166 Å². The van der Waals surface area contributed by atoms with Gasteiger partial charge < -0.3 is 25.2 Å². The molecule has 1 aliphatic heterocycles. The third-order valence-electron chi connectivity index (χ3n) is 4.92. The van der Waals surface area contributed by atoms with Gasteiger partial charge in [0.15, 0.2) is 0 Å². The summed E-state index contributed by atoms with van der Waals surface area (Å²) in [6.45, 7) is 6.10. The van der Waals surface area contributed by atoms with Crippen LogP contribution in [0, 0.1) is 0 Å². The highest BCUT2D eigenvalue weighted by Crippen LogP contribution is 2.34. The first-order valence-corrected chi connectivity index (χ1v) is 9.88. The maximum Gasteiger partial charge on any atom is 0.408 e. The predicted molar refractivity (Wildman–Crippen MR) is 108 cm³/mol. The molecule has 1 aromatic rings. The number of aliphatic hydroxyl groups is 1. The lowest BCUT2D eigenvalue weighted by Gasteiger charge is -2.25. The zero-order valence-electron chi connectivity index (χ0n) is 17.1. The lowest BCUT2D eigenvalue weighted by Crippen LogP contribution is -2.41. The van der Waals surface area contributed by atoms with E-state index in [9.17, 15) is 9.90 Å². The number of hydrogen-bond donors (Lipinski definition) is 3. The minimum atomic E-state index is -0.677. The molecule has 0 radical (unpaired) electrons. The fraction of sp³-hybridized carbons (Fsp3) is 0.619. The van der Waals surface area contributed by atoms with Crippen LogP contribution in [0.1, 0.15) is 57.2 Å². The van der Waals surface area contributed by atoms with Gasteiger partial charge in [-0.2, -0.15) is 0 Å². The molecule has 7 heteroatoms.